The summed E-state index contributed by atoms with van der Waals surface area (Å²) in [6, 6.07) is 0.102. The Morgan fingerprint density at radius 3 is 2.56 bits per heavy atom. The number of nitrogens with two attached hydrogens (primary N) is 1. The second-order valence-corrected chi connectivity index (χ2v) is 3.73. The quantitative estimate of drug-likeness (QED) is 0.616. The molecule has 0 aromatic carbocycles. The van der Waals surface area contributed by atoms with Crippen LogP contribution in [0.15, 0.2) is 6.07 Å². The van der Waals surface area contributed by atoms with Gasteiger partial charge in [-0.3, -0.25) is 9.59 Å². The zero-order chi connectivity index (χ0) is 12.5. The Kier molecular flexibility index (Phi) is 3.62. The molecular formula is C10H11ClN2O3. The van der Waals surface area contributed by atoms with Crippen LogP contribution in [0, 0.1) is 6.92 Å². The Morgan fingerprint density at radius 1 is 1.56 bits per heavy atom. The molecule has 0 amide bonds. The Hall–Kier alpha value is -1.46. The fraction of sp³-hybridized carbons (Fsp3) is 0.300. The smallest absolute Gasteiger partial charge is 0.325 e. The van der Waals surface area contributed by atoms with E-state index in [9.17, 15) is 9.59 Å². The summed E-state index contributed by atoms with van der Waals surface area (Å²) in [6.07, 6.45) is 0. The molecule has 0 saturated carbocycles. The number of carbonyl (C=O) groups excluding carboxylic acids is 1. The Morgan fingerprint density at radius 2 is 2.12 bits per heavy atom. The van der Waals surface area contributed by atoms with Crippen LogP contribution in [0.3, 0.4) is 0 Å². The first-order valence-corrected chi connectivity index (χ1v) is 4.88. The molecule has 0 aliphatic rings. The van der Waals surface area contributed by atoms with Crippen LogP contribution in [0.4, 0.5) is 0 Å². The number of pyridine rings is 1. The van der Waals surface area contributed by atoms with Crippen molar-refractivity contribution in [2.75, 3.05) is 0 Å². The lowest BCUT2D eigenvalue weighted by Gasteiger charge is -2.11. The van der Waals surface area contributed by atoms with Crippen molar-refractivity contribution in [2.45, 2.75) is 19.9 Å². The third-order valence-corrected chi connectivity index (χ3v) is 2.48. The van der Waals surface area contributed by atoms with Gasteiger partial charge in [-0.05, 0) is 19.9 Å². The summed E-state index contributed by atoms with van der Waals surface area (Å²) in [5.41, 5.74) is 6.35. The molecule has 1 atom stereocenters. The first-order chi connectivity index (χ1) is 7.34. The lowest BCUT2D eigenvalue weighted by Crippen LogP contribution is -2.22. The number of nitrogens with zero attached hydrogens (tertiary/aromatic N) is 1. The van der Waals surface area contributed by atoms with E-state index in [1.54, 1.807) is 6.92 Å². The van der Waals surface area contributed by atoms with Gasteiger partial charge >= 0.3 is 5.97 Å². The highest BCUT2D eigenvalue weighted by Gasteiger charge is 2.21. The summed E-state index contributed by atoms with van der Waals surface area (Å²) in [6.45, 7) is 2.99. The van der Waals surface area contributed by atoms with Crippen molar-refractivity contribution >= 4 is 23.4 Å². The van der Waals surface area contributed by atoms with E-state index in [0.29, 0.717) is 11.3 Å². The zero-order valence-electron chi connectivity index (χ0n) is 8.82. The van der Waals surface area contributed by atoms with E-state index in [1.807, 2.05) is 0 Å². The molecule has 0 bridgehead atoms. The number of aromatic nitrogens is 1. The number of halogens is 1. The Labute approximate surface area is 97.2 Å². The van der Waals surface area contributed by atoms with E-state index < -0.39 is 12.0 Å². The predicted molar refractivity (Wildman–Crippen MR) is 58.6 cm³/mol. The maximum atomic E-state index is 11.3. The minimum atomic E-state index is -1.28. The monoisotopic (exact) mass is 242 g/mol. The third-order valence-electron chi connectivity index (χ3n) is 2.17. The van der Waals surface area contributed by atoms with Crippen LogP contribution < -0.4 is 5.73 Å². The SMILES string of the molecule is CC(=O)c1cc([C@@H](N)C(=O)O)c(Cl)nc1C. The summed E-state index contributed by atoms with van der Waals surface area (Å²) in [5, 5.41) is 8.77. The van der Waals surface area contributed by atoms with Crippen molar-refractivity contribution in [3.8, 4) is 0 Å². The topological polar surface area (TPSA) is 93.3 Å². The molecule has 1 aromatic rings. The van der Waals surface area contributed by atoms with Gasteiger partial charge in [-0.15, -0.1) is 0 Å². The predicted octanol–water partition coefficient (Wildman–Crippen LogP) is 1.33. The van der Waals surface area contributed by atoms with Crippen molar-refractivity contribution in [2.24, 2.45) is 5.73 Å². The number of rotatable bonds is 3. The van der Waals surface area contributed by atoms with Gasteiger partial charge in [-0.2, -0.15) is 0 Å². The lowest BCUT2D eigenvalue weighted by atomic mass is 10.0. The highest BCUT2D eigenvalue weighted by atomic mass is 35.5. The van der Waals surface area contributed by atoms with Gasteiger partial charge in [0, 0.05) is 16.8 Å². The van der Waals surface area contributed by atoms with Gasteiger partial charge in [0.2, 0.25) is 0 Å². The molecule has 6 heteroatoms. The Balaban J connectivity index is 3.35. The van der Waals surface area contributed by atoms with Crippen molar-refractivity contribution in [3.05, 3.63) is 28.0 Å². The van der Waals surface area contributed by atoms with Crippen LogP contribution in [-0.4, -0.2) is 21.8 Å². The number of carboxylic acids is 1. The van der Waals surface area contributed by atoms with Gasteiger partial charge in [-0.25, -0.2) is 4.98 Å². The molecule has 3 N–H and O–H groups in total. The van der Waals surface area contributed by atoms with Crippen LogP contribution in [-0.2, 0) is 4.79 Å². The van der Waals surface area contributed by atoms with Crippen LogP contribution in [0.1, 0.15) is 34.6 Å². The van der Waals surface area contributed by atoms with E-state index in [1.165, 1.54) is 13.0 Å². The summed E-state index contributed by atoms with van der Waals surface area (Å²) >= 11 is 5.78. The average Bonchev–Trinajstić information content (AvgIpc) is 2.16. The van der Waals surface area contributed by atoms with Gasteiger partial charge in [0.1, 0.15) is 11.2 Å². The number of carbonyl (C=O) groups is 2. The molecule has 0 aliphatic carbocycles. The molecule has 0 fully saturated rings. The minimum Gasteiger partial charge on any atom is -0.480 e. The molecule has 5 nitrogen and oxygen atoms in total. The second kappa shape index (κ2) is 4.59. The normalized spacial score (nSPS) is 12.2. The van der Waals surface area contributed by atoms with Gasteiger partial charge in [0.05, 0.1) is 0 Å². The molecule has 0 saturated heterocycles. The number of aryl methyl sites for hydroxylation is 1. The van der Waals surface area contributed by atoms with Gasteiger partial charge in [-0.1, -0.05) is 11.6 Å². The molecule has 0 aliphatic heterocycles. The maximum Gasteiger partial charge on any atom is 0.325 e. The van der Waals surface area contributed by atoms with Gasteiger partial charge in [0.25, 0.3) is 0 Å². The van der Waals surface area contributed by atoms with Gasteiger partial charge in [0.15, 0.2) is 5.78 Å². The fourth-order valence-corrected chi connectivity index (χ4v) is 1.60. The lowest BCUT2D eigenvalue weighted by molar-refractivity contribution is -0.138. The highest BCUT2D eigenvalue weighted by molar-refractivity contribution is 6.30. The number of hydrogen-bond acceptors (Lipinski definition) is 4. The van der Waals surface area contributed by atoms with Crippen molar-refractivity contribution < 1.29 is 14.7 Å². The fourth-order valence-electron chi connectivity index (χ4n) is 1.30. The van der Waals surface area contributed by atoms with Crippen molar-refractivity contribution in [1.82, 2.24) is 4.98 Å². The summed E-state index contributed by atoms with van der Waals surface area (Å²) < 4.78 is 0. The first-order valence-electron chi connectivity index (χ1n) is 4.51. The van der Waals surface area contributed by atoms with E-state index in [-0.39, 0.29) is 16.5 Å². The molecule has 0 spiro atoms. The van der Waals surface area contributed by atoms with E-state index >= 15 is 0 Å². The van der Waals surface area contributed by atoms with Crippen molar-refractivity contribution in [1.29, 1.82) is 0 Å². The van der Waals surface area contributed by atoms with Crippen LogP contribution in [0.2, 0.25) is 5.15 Å². The van der Waals surface area contributed by atoms with Crippen LogP contribution in [0.5, 0.6) is 0 Å². The number of ketones is 1. The van der Waals surface area contributed by atoms with E-state index in [2.05, 4.69) is 4.98 Å². The summed E-state index contributed by atoms with van der Waals surface area (Å²) in [7, 11) is 0. The largest absolute Gasteiger partial charge is 0.480 e. The second-order valence-electron chi connectivity index (χ2n) is 3.37. The van der Waals surface area contributed by atoms with Gasteiger partial charge < -0.3 is 10.8 Å². The summed E-state index contributed by atoms with van der Waals surface area (Å²) in [5.74, 6) is -1.43. The molecule has 1 aromatic heterocycles. The number of hydrogen-bond donors (Lipinski definition) is 2. The highest BCUT2D eigenvalue weighted by Crippen LogP contribution is 2.23. The van der Waals surface area contributed by atoms with Crippen LogP contribution >= 0.6 is 11.6 Å². The molecule has 0 radical (unpaired) electrons. The Bertz CT molecular complexity index is 460. The van der Waals surface area contributed by atoms with Crippen molar-refractivity contribution in [3.63, 3.8) is 0 Å². The third kappa shape index (κ3) is 2.37. The van der Waals surface area contributed by atoms with E-state index in [0.717, 1.165) is 0 Å². The number of carboxylic acid groups (broad SMARTS) is 1. The summed E-state index contributed by atoms with van der Waals surface area (Å²) in [4.78, 5) is 25.9. The molecule has 1 rings (SSSR count). The zero-order valence-corrected chi connectivity index (χ0v) is 9.58. The maximum absolute atomic E-state index is 11.3. The molecule has 0 unspecified atom stereocenters. The molecule has 1 heterocycles. The van der Waals surface area contributed by atoms with E-state index in [4.69, 9.17) is 22.4 Å². The number of Topliss-reactive ketones (excluding diaryl/α,β-unsaturated/α-hetero) is 1. The molecule has 86 valence electrons. The standard InChI is InChI=1S/C10H11ClN2O3/c1-4-6(5(2)14)3-7(9(11)13-4)8(12)10(15)16/h3,8H,12H2,1-2H3,(H,15,16)/t8-/m1/s1. The first kappa shape index (κ1) is 12.6. The number of aliphatic carboxylic acids is 1. The molecular weight excluding hydrogens is 232 g/mol. The molecule has 16 heavy (non-hydrogen) atoms. The minimum absolute atomic E-state index is 0.0115. The van der Waals surface area contributed by atoms with Crippen LogP contribution in [0.25, 0.3) is 0 Å². The average molecular weight is 243 g/mol.